The SMILES string of the molecule is CC(C)=C/C=C\Cc1cnc(-c2ccc(F)nc2)[nH]1. The van der Waals surface area contributed by atoms with Crippen LogP contribution in [0, 0.1) is 5.95 Å². The average molecular weight is 257 g/mol. The largest absolute Gasteiger partial charge is 0.342 e. The molecule has 4 heteroatoms. The van der Waals surface area contributed by atoms with Crippen LogP contribution in [-0.2, 0) is 6.42 Å². The van der Waals surface area contributed by atoms with E-state index in [1.165, 1.54) is 17.8 Å². The molecule has 0 fully saturated rings. The smallest absolute Gasteiger partial charge is 0.212 e. The molecule has 2 aromatic heterocycles. The van der Waals surface area contributed by atoms with Crippen LogP contribution in [0.25, 0.3) is 11.4 Å². The van der Waals surface area contributed by atoms with Crippen molar-refractivity contribution < 1.29 is 4.39 Å². The molecule has 0 aliphatic rings. The van der Waals surface area contributed by atoms with Gasteiger partial charge in [-0.2, -0.15) is 4.39 Å². The first kappa shape index (κ1) is 13.2. The molecular weight excluding hydrogens is 241 g/mol. The summed E-state index contributed by atoms with van der Waals surface area (Å²) in [6, 6.07) is 2.98. The lowest BCUT2D eigenvalue weighted by molar-refractivity contribution is 0.584. The number of rotatable bonds is 4. The van der Waals surface area contributed by atoms with E-state index in [0.717, 1.165) is 17.7 Å². The minimum absolute atomic E-state index is 0.486. The van der Waals surface area contributed by atoms with Crippen LogP contribution in [0.3, 0.4) is 0 Å². The first-order chi connectivity index (χ1) is 9.15. The molecular formula is C15H16FN3. The van der Waals surface area contributed by atoms with Crippen LogP contribution in [0.15, 0.2) is 48.3 Å². The summed E-state index contributed by atoms with van der Waals surface area (Å²) in [5, 5.41) is 0. The van der Waals surface area contributed by atoms with E-state index < -0.39 is 5.95 Å². The molecule has 98 valence electrons. The van der Waals surface area contributed by atoms with Crippen LogP contribution >= 0.6 is 0 Å². The number of aromatic nitrogens is 3. The van der Waals surface area contributed by atoms with Crippen molar-refractivity contribution in [3.05, 3.63) is 60.0 Å². The van der Waals surface area contributed by atoms with Gasteiger partial charge in [-0.25, -0.2) is 9.97 Å². The predicted octanol–water partition coefficient (Wildman–Crippen LogP) is 3.68. The van der Waals surface area contributed by atoms with Gasteiger partial charge in [0.05, 0.1) is 0 Å². The van der Waals surface area contributed by atoms with E-state index in [2.05, 4.69) is 41.0 Å². The average Bonchev–Trinajstić information content (AvgIpc) is 2.84. The molecule has 0 amide bonds. The Hall–Kier alpha value is -2.23. The van der Waals surface area contributed by atoms with Crippen LogP contribution < -0.4 is 0 Å². The minimum Gasteiger partial charge on any atom is -0.342 e. The molecule has 2 heterocycles. The molecule has 3 nitrogen and oxygen atoms in total. The third-order valence-corrected chi connectivity index (χ3v) is 2.53. The fourth-order valence-corrected chi connectivity index (χ4v) is 1.58. The molecule has 0 aromatic carbocycles. The second-order valence-corrected chi connectivity index (χ2v) is 4.50. The Balaban J connectivity index is 2.05. The van der Waals surface area contributed by atoms with E-state index in [9.17, 15) is 4.39 Å². The van der Waals surface area contributed by atoms with Crippen molar-refractivity contribution in [3.8, 4) is 11.4 Å². The van der Waals surface area contributed by atoms with Crippen molar-refractivity contribution in [2.45, 2.75) is 20.3 Å². The lowest BCUT2D eigenvalue weighted by Gasteiger charge is -1.95. The highest BCUT2D eigenvalue weighted by Gasteiger charge is 2.03. The Kier molecular flexibility index (Phi) is 4.23. The van der Waals surface area contributed by atoms with E-state index in [1.807, 2.05) is 6.08 Å². The number of nitrogens with zero attached hydrogens (tertiary/aromatic N) is 2. The number of aromatic amines is 1. The normalized spacial score (nSPS) is 10.9. The molecule has 0 spiro atoms. The molecule has 0 saturated carbocycles. The number of pyridine rings is 1. The van der Waals surface area contributed by atoms with Gasteiger partial charge >= 0.3 is 0 Å². The van der Waals surface area contributed by atoms with E-state index in [-0.39, 0.29) is 0 Å². The maximum atomic E-state index is 12.7. The van der Waals surface area contributed by atoms with Crippen LogP contribution in [0.2, 0.25) is 0 Å². The van der Waals surface area contributed by atoms with Crippen LogP contribution in [0.4, 0.5) is 4.39 Å². The lowest BCUT2D eigenvalue weighted by Crippen LogP contribution is -1.86. The molecule has 2 rings (SSSR count). The zero-order valence-electron chi connectivity index (χ0n) is 11.0. The van der Waals surface area contributed by atoms with Crippen LogP contribution in [0.1, 0.15) is 19.5 Å². The van der Waals surface area contributed by atoms with Crippen molar-refractivity contribution in [2.75, 3.05) is 0 Å². The van der Waals surface area contributed by atoms with Gasteiger partial charge in [0.1, 0.15) is 5.82 Å². The monoisotopic (exact) mass is 257 g/mol. The number of hydrogen-bond donors (Lipinski definition) is 1. The standard InChI is InChI=1S/C15H16FN3/c1-11(2)5-3-4-6-13-10-18-15(19-13)12-7-8-14(16)17-9-12/h3-5,7-10H,6H2,1-2H3,(H,18,19)/b4-3-. The molecule has 0 radical (unpaired) electrons. The summed E-state index contributed by atoms with van der Waals surface area (Å²) in [6.45, 7) is 4.11. The summed E-state index contributed by atoms with van der Waals surface area (Å²) in [7, 11) is 0. The Labute approximate surface area is 111 Å². The van der Waals surface area contributed by atoms with Crippen molar-refractivity contribution in [3.63, 3.8) is 0 Å². The molecule has 0 unspecified atom stereocenters. The van der Waals surface area contributed by atoms with Gasteiger partial charge < -0.3 is 4.98 Å². The fourth-order valence-electron chi connectivity index (χ4n) is 1.58. The first-order valence-corrected chi connectivity index (χ1v) is 6.11. The number of nitrogens with one attached hydrogen (secondary N) is 1. The first-order valence-electron chi connectivity index (χ1n) is 6.11. The van der Waals surface area contributed by atoms with Gasteiger partial charge in [-0.05, 0) is 26.0 Å². The zero-order valence-corrected chi connectivity index (χ0v) is 11.0. The van der Waals surface area contributed by atoms with Gasteiger partial charge in [-0.15, -0.1) is 0 Å². The lowest BCUT2D eigenvalue weighted by atomic mass is 10.2. The maximum absolute atomic E-state index is 12.7. The molecule has 19 heavy (non-hydrogen) atoms. The van der Waals surface area contributed by atoms with Gasteiger partial charge in [0.25, 0.3) is 0 Å². The fraction of sp³-hybridized carbons (Fsp3) is 0.200. The van der Waals surface area contributed by atoms with Gasteiger partial charge in [0, 0.05) is 30.1 Å². The molecule has 0 saturated heterocycles. The van der Waals surface area contributed by atoms with Crippen molar-refractivity contribution >= 4 is 0 Å². The molecule has 1 N–H and O–H groups in total. The number of imidazole rings is 1. The van der Waals surface area contributed by atoms with E-state index in [4.69, 9.17) is 0 Å². The summed E-state index contributed by atoms with van der Waals surface area (Å²) in [4.78, 5) is 11.1. The van der Waals surface area contributed by atoms with Crippen molar-refractivity contribution in [2.24, 2.45) is 0 Å². The summed E-state index contributed by atoms with van der Waals surface area (Å²) in [6.07, 6.45) is 10.2. The number of allylic oxidation sites excluding steroid dienone is 4. The summed E-state index contributed by atoms with van der Waals surface area (Å²) < 4.78 is 12.7. The number of H-pyrrole nitrogens is 1. The van der Waals surface area contributed by atoms with Crippen LogP contribution in [-0.4, -0.2) is 15.0 Å². The van der Waals surface area contributed by atoms with E-state index in [1.54, 1.807) is 12.3 Å². The quantitative estimate of drug-likeness (QED) is 0.670. The zero-order chi connectivity index (χ0) is 13.7. The Morgan fingerprint density at radius 1 is 1.26 bits per heavy atom. The third kappa shape index (κ3) is 3.88. The Morgan fingerprint density at radius 3 is 2.79 bits per heavy atom. The van der Waals surface area contributed by atoms with Gasteiger partial charge in [0.2, 0.25) is 5.95 Å². The van der Waals surface area contributed by atoms with Gasteiger partial charge in [0.15, 0.2) is 0 Å². The maximum Gasteiger partial charge on any atom is 0.212 e. The Bertz CT molecular complexity index is 590. The highest BCUT2D eigenvalue weighted by atomic mass is 19.1. The number of halogens is 1. The summed E-state index contributed by atoms with van der Waals surface area (Å²) in [5.41, 5.74) is 3.05. The summed E-state index contributed by atoms with van der Waals surface area (Å²) in [5.74, 6) is 0.221. The minimum atomic E-state index is -0.486. The van der Waals surface area contributed by atoms with E-state index >= 15 is 0 Å². The molecule has 0 aliphatic carbocycles. The predicted molar refractivity (Wildman–Crippen MR) is 74.1 cm³/mol. The molecule has 0 aliphatic heterocycles. The van der Waals surface area contributed by atoms with E-state index in [0.29, 0.717) is 5.82 Å². The van der Waals surface area contributed by atoms with Crippen molar-refractivity contribution in [1.29, 1.82) is 0 Å². The van der Waals surface area contributed by atoms with Crippen molar-refractivity contribution in [1.82, 2.24) is 15.0 Å². The van der Waals surface area contributed by atoms with Gasteiger partial charge in [-0.3, -0.25) is 0 Å². The molecule has 0 bridgehead atoms. The number of hydrogen-bond acceptors (Lipinski definition) is 2. The third-order valence-electron chi connectivity index (χ3n) is 2.53. The van der Waals surface area contributed by atoms with Crippen LogP contribution in [0.5, 0.6) is 0 Å². The second kappa shape index (κ2) is 6.09. The summed E-state index contributed by atoms with van der Waals surface area (Å²) >= 11 is 0. The highest BCUT2D eigenvalue weighted by molar-refractivity contribution is 5.53. The molecule has 0 atom stereocenters. The topological polar surface area (TPSA) is 41.6 Å². The molecule has 2 aromatic rings. The second-order valence-electron chi connectivity index (χ2n) is 4.50. The highest BCUT2D eigenvalue weighted by Crippen LogP contribution is 2.14. The van der Waals surface area contributed by atoms with Gasteiger partial charge in [-0.1, -0.05) is 23.8 Å². The Morgan fingerprint density at radius 2 is 2.11 bits per heavy atom.